The van der Waals surface area contributed by atoms with Gasteiger partial charge >= 0.3 is 15.6 Å². The number of halogens is 3. The molecule has 7 atom stereocenters. The minimum Gasteiger partial charge on any atom is -0.380 e. The summed E-state index contributed by atoms with van der Waals surface area (Å²) in [5, 5.41) is 0. The molecule has 0 radical (unpaired) electrons. The van der Waals surface area contributed by atoms with Crippen molar-refractivity contribution in [1.82, 2.24) is 0 Å². The Hall–Kier alpha value is -1.05. The SMILES string of the molecule is C[C@H]1CC[C@]2(C)[C@@]3(C)CC[C@]4(C)C(OS(=O)(=O)C(F)(F)F)=CC[C@@]4(C)[C@@H]3CC(=O)[C@@]2(C)C1. The van der Waals surface area contributed by atoms with Crippen LogP contribution in [0.4, 0.5) is 13.2 Å². The normalized spacial score (nSPS) is 49.0. The zero-order valence-corrected chi connectivity index (χ0v) is 20.7. The number of allylic oxidation sites excluding steroid dienone is 2. The Morgan fingerprint density at radius 1 is 1.00 bits per heavy atom. The molecule has 4 nitrogen and oxygen atoms in total. The molecular weight excluding hydrogens is 441 g/mol. The molecular formula is C24H35F3O4S. The Labute approximate surface area is 189 Å². The summed E-state index contributed by atoms with van der Waals surface area (Å²) >= 11 is 0. The average Bonchev–Trinajstić information content (AvgIpc) is 2.91. The maximum atomic E-state index is 13.7. The van der Waals surface area contributed by atoms with E-state index in [2.05, 4.69) is 27.7 Å². The van der Waals surface area contributed by atoms with Crippen molar-refractivity contribution >= 4 is 15.9 Å². The molecule has 8 heteroatoms. The molecule has 0 aliphatic heterocycles. The minimum absolute atomic E-state index is 0.0568. The van der Waals surface area contributed by atoms with Gasteiger partial charge < -0.3 is 4.18 Å². The Kier molecular flexibility index (Phi) is 4.92. The standard InChI is InChI=1S/C24H35F3O4S/c1-15-7-10-23(6)20(3)11-12-21(4)18(31-32(29,30)24(25,26)27)8-9-19(21,2)16(20)13-17(28)22(23,5)14-15/h8,15-16H,7,9-14H2,1-6H3/t15-,16-,19-,20-,21+,22+,23+/m0/s1. The van der Waals surface area contributed by atoms with Gasteiger partial charge in [-0.05, 0) is 66.3 Å². The fourth-order valence-electron chi connectivity index (χ4n) is 8.34. The van der Waals surface area contributed by atoms with Gasteiger partial charge in [0, 0.05) is 17.3 Å². The van der Waals surface area contributed by atoms with E-state index in [9.17, 15) is 26.4 Å². The molecule has 4 aliphatic carbocycles. The third-order valence-corrected chi connectivity index (χ3v) is 12.0. The first-order valence-electron chi connectivity index (χ1n) is 11.6. The molecule has 3 saturated carbocycles. The van der Waals surface area contributed by atoms with Crippen molar-refractivity contribution in [3.8, 4) is 0 Å². The van der Waals surface area contributed by atoms with Crippen LogP contribution in [-0.4, -0.2) is 19.7 Å². The molecule has 0 bridgehead atoms. The molecule has 0 heterocycles. The third kappa shape index (κ3) is 2.67. The van der Waals surface area contributed by atoms with Crippen LogP contribution in [0, 0.1) is 38.9 Å². The monoisotopic (exact) mass is 476 g/mol. The van der Waals surface area contributed by atoms with Gasteiger partial charge in [0.25, 0.3) is 0 Å². The fraction of sp³-hybridized carbons (Fsp3) is 0.875. The Balaban J connectivity index is 1.75. The van der Waals surface area contributed by atoms with E-state index in [1.54, 1.807) is 0 Å². The number of alkyl halides is 3. The molecule has 0 amide bonds. The van der Waals surface area contributed by atoms with Gasteiger partial charge in [-0.3, -0.25) is 4.79 Å². The van der Waals surface area contributed by atoms with E-state index in [4.69, 9.17) is 4.18 Å². The van der Waals surface area contributed by atoms with Crippen LogP contribution in [0.5, 0.6) is 0 Å². The average molecular weight is 477 g/mol. The van der Waals surface area contributed by atoms with Crippen molar-refractivity contribution in [2.75, 3.05) is 0 Å². The lowest BCUT2D eigenvalue weighted by Gasteiger charge is -2.71. The molecule has 0 aromatic heterocycles. The second-order valence-electron chi connectivity index (χ2n) is 12.1. The molecule has 4 aliphatic rings. The number of carbonyl (C=O) groups is 1. The highest BCUT2D eigenvalue weighted by Gasteiger charge is 2.73. The first-order valence-corrected chi connectivity index (χ1v) is 13.0. The summed E-state index contributed by atoms with van der Waals surface area (Å²) in [6.45, 7) is 12.7. The van der Waals surface area contributed by atoms with Crippen molar-refractivity contribution in [3.05, 3.63) is 11.8 Å². The van der Waals surface area contributed by atoms with Crippen LogP contribution in [-0.2, 0) is 19.1 Å². The smallest absolute Gasteiger partial charge is 0.380 e. The van der Waals surface area contributed by atoms with Crippen molar-refractivity contribution < 1.29 is 30.6 Å². The first kappa shape index (κ1) is 24.1. The number of rotatable bonds is 2. The van der Waals surface area contributed by atoms with Gasteiger partial charge in [-0.2, -0.15) is 21.6 Å². The van der Waals surface area contributed by atoms with E-state index in [-0.39, 0.29) is 28.3 Å². The van der Waals surface area contributed by atoms with Gasteiger partial charge in [0.05, 0.1) is 0 Å². The van der Waals surface area contributed by atoms with Crippen LogP contribution in [0.15, 0.2) is 11.8 Å². The quantitative estimate of drug-likeness (QED) is 0.343. The molecule has 32 heavy (non-hydrogen) atoms. The van der Waals surface area contributed by atoms with Gasteiger partial charge in [0.2, 0.25) is 0 Å². The molecule has 0 aromatic carbocycles. The van der Waals surface area contributed by atoms with E-state index in [0.29, 0.717) is 25.2 Å². The van der Waals surface area contributed by atoms with Crippen molar-refractivity contribution in [2.24, 2.45) is 38.9 Å². The highest BCUT2D eigenvalue weighted by Crippen LogP contribution is 2.77. The lowest BCUT2D eigenvalue weighted by molar-refractivity contribution is -0.226. The van der Waals surface area contributed by atoms with Gasteiger partial charge in [-0.25, -0.2) is 0 Å². The zero-order valence-electron chi connectivity index (χ0n) is 19.9. The predicted octanol–water partition coefficient (Wildman–Crippen LogP) is 6.37. The number of ketones is 1. The van der Waals surface area contributed by atoms with Crippen molar-refractivity contribution in [3.63, 3.8) is 0 Å². The summed E-state index contributed by atoms with van der Waals surface area (Å²) < 4.78 is 67.4. The predicted molar refractivity (Wildman–Crippen MR) is 115 cm³/mol. The highest BCUT2D eigenvalue weighted by molar-refractivity contribution is 7.87. The van der Waals surface area contributed by atoms with Crippen LogP contribution < -0.4 is 0 Å². The summed E-state index contributed by atoms with van der Waals surface area (Å²) in [6.07, 6.45) is 6.46. The second kappa shape index (κ2) is 6.54. The lowest BCUT2D eigenvalue weighted by Crippen LogP contribution is -2.68. The van der Waals surface area contributed by atoms with Crippen LogP contribution in [0.1, 0.15) is 86.5 Å². The summed E-state index contributed by atoms with van der Waals surface area (Å²) in [5.74, 6) is 0.570. The molecule has 4 rings (SSSR count). The molecule has 0 saturated heterocycles. The molecule has 0 unspecified atom stereocenters. The Morgan fingerprint density at radius 3 is 2.22 bits per heavy atom. The van der Waals surface area contributed by atoms with Crippen LogP contribution in [0.3, 0.4) is 0 Å². The van der Waals surface area contributed by atoms with E-state index in [0.717, 1.165) is 25.7 Å². The Morgan fingerprint density at radius 2 is 1.62 bits per heavy atom. The number of hydrogen-bond acceptors (Lipinski definition) is 4. The summed E-state index contributed by atoms with van der Waals surface area (Å²) in [7, 11) is -5.73. The summed E-state index contributed by atoms with van der Waals surface area (Å²) in [4.78, 5) is 13.7. The molecule has 3 fully saturated rings. The minimum atomic E-state index is -5.73. The van der Waals surface area contributed by atoms with Crippen molar-refractivity contribution in [2.45, 2.75) is 92.0 Å². The fourth-order valence-corrected chi connectivity index (χ4v) is 8.93. The number of fused-ring (bicyclic) bond motifs is 5. The van der Waals surface area contributed by atoms with Gasteiger partial charge in [0.15, 0.2) is 0 Å². The number of hydrogen-bond donors (Lipinski definition) is 0. The van der Waals surface area contributed by atoms with Crippen molar-refractivity contribution in [1.29, 1.82) is 0 Å². The molecule has 0 aromatic rings. The lowest BCUT2D eigenvalue weighted by atomic mass is 9.32. The molecule has 182 valence electrons. The van der Waals surface area contributed by atoms with Gasteiger partial charge in [-0.1, -0.05) is 48.0 Å². The Bertz CT molecular complexity index is 988. The molecule has 0 N–H and O–H groups in total. The first-order chi connectivity index (χ1) is 14.4. The van der Waals surface area contributed by atoms with E-state index in [1.807, 2.05) is 13.8 Å². The summed E-state index contributed by atoms with van der Waals surface area (Å²) in [6, 6.07) is 0. The summed E-state index contributed by atoms with van der Waals surface area (Å²) in [5.41, 5.74) is -7.69. The van der Waals surface area contributed by atoms with Crippen LogP contribution >= 0.6 is 0 Å². The van der Waals surface area contributed by atoms with E-state index < -0.39 is 31.9 Å². The van der Waals surface area contributed by atoms with Crippen LogP contribution in [0.25, 0.3) is 0 Å². The van der Waals surface area contributed by atoms with Gasteiger partial charge in [-0.15, -0.1) is 0 Å². The maximum absolute atomic E-state index is 13.7. The van der Waals surface area contributed by atoms with Crippen LogP contribution in [0.2, 0.25) is 0 Å². The second-order valence-corrected chi connectivity index (χ2v) is 13.7. The third-order valence-electron chi connectivity index (χ3n) is 11.1. The zero-order chi connectivity index (χ0) is 24.2. The largest absolute Gasteiger partial charge is 0.534 e. The molecule has 0 spiro atoms. The number of carbonyl (C=O) groups excluding carboxylic acids is 1. The van der Waals surface area contributed by atoms with E-state index in [1.165, 1.54) is 6.08 Å². The number of Topliss-reactive ketones (excluding diaryl/α,β-unsaturated/α-hetero) is 1. The maximum Gasteiger partial charge on any atom is 0.534 e. The van der Waals surface area contributed by atoms with E-state index >= 15 is 0 Å². The topological polar surface area (TPSA) is 60.4 Å². The highest BCUT2D eigenvalue weighted by atomic mass is 32.2. The van der Waals surface area contributed by atoms with Gasteiger partial charge in [0.1, 0.15) is 11.5 Å².